The lowest BCUT2D eigenvalue weighted by molar-refractivity contribution is 0.0593. The number of rotatable bonds is 3. The number of pyridine rings is 1. The maximum atomic E-state index is 11.6. The van der Waals surface area contributed by atoms with Crippen molar-refractivity contribution in [1.82, 2.24) is 4.98 Å². The number of ether oxygens (including phenoxy) is 2. The summed E-state index contributed by atoms with van der Waals surface area (Å²) in [6.07, 6.45) is 0. The van der Waals surface area contributed by atoms with Crippen molar-refractivity contribution in [2.45, 2.75) is 0 Å². The second-order valence-corrected chi connectivity index (χ2v) is 4.16. The SMILES string of the molecule is COC(=O)c1cc(OC)cc(-c2ccccc2Cl)n1. The lowest BCUT2D eigenvalue weighted by Crippen LogP contribution is -2.05. The van der Waals surface area contributed by atoms with Gasteiger partial charge in [-0.25, -0.2) is 9.78 Å². The minimum atomic E-state index is -0.521. The van der Waals surface area contributed by atoms with Crippen LogP contribution in [0.1, 0.15) is 10.5 Å². The van der Waals surface area contributed by atoms with E-state index in [0.29, 0.717) is 16.5 Å². The van der Waals surface area contributed by atoms with Crippen LogP contribution in [0.25, 0.3) is 11.3 Å². The molecule has 1 heterocycles. The fourth-order valence-electron chi connectivity index (χ4n) is 1.64. The Labute approximate surface area is 115 Å². The highest BCUT2D eigenvalue weighted by molar-refractivity contribution is 6.33. The van der Waals surface area contributed by atoms with E-state index in [1.54, 1.807) is 12.1 Å². The number of methoxy groups -OCH3 is 2. The molecule has 0 fully saturated rings. The van der Waals surface area contributed by atoms with E-state index in [1.165, 1.54) is 20.3 Å². The zero-order valence-corrected chi connectivity index (χ0v) is 11.3. The average molecular weight is 278 g/mol. The molecule has 2 rings (SSSR count). The van der Waals surface area contributed by atoms with Gasteiger partial charge in [-0.15, -0.1) is 0 Å². The smallest absolute Gasteiger partial charge is 0.356 e. The van der Waals surface area contributed by atoms with Crippen LogP contribution in [0.5, 0.6) is 5.75 Å². The number of aromatic nitrogens is 1. The molecular formula is C14H12ClNO3. The summed E-state index contributed by atoms with van der Waals surface area (Å²) < 4.78 is 9.83. The summed E-state index contributed by atoms with van der Waals surface area (Å²) in [5.74, 6) is -0.00229. The molecule has 0 atom stereocenters. The molecule has 1 aromatic carbocycles. The van der Waals surface area contributed by atoms with Gasteiger partial charge in [-0.05, 0) is 6.07 Å². The summed E-state index contributed by atoms with van der Waals surface area (Å²) in [4.78, 5) is 15.8. The zero-order chi connectivity index (χ0) is 13.8. The van der Waals surface area contributed by atoms with Gasteiger partial charge >= 0.3 is 5.97 Å². The van der Waals surface area contributed by atoms with E-state index < -0.39 is 5.97 Å². The van der Waals surface area contributed by atoms with Crippen molar-refractivity contribution in [3.63, 3.8) is 0 Å². The van der Waals surface area contributed by atoms with Gasteiger partial charge in [0.25, 0.3) is 0 Å². The molecule has 0 saturated heterocycles. The summed E-state index contributed by atoms with van der Waals surface area (Å²) in [6.45, 7) is 0. The van der Waals surface area contributed by atoms with Crippen molar-refractivity contribution in [3.8, 4) is 17.0 Å². The van der Waals surface area contributed by atoms with Gasteiger partial charge in [-0.1, -0.05) is 29.8 Å². The van der Waals surface area contributed by atoms with Crippen molar-refractivity contribution in [3.05, 3.63) is 47.1 Å². The highest BCUT2D eigenvalue weighted by Crippen LogP contribution is 2.29. The third-order valence-electron chi connectivity index (χ3n) is 2.58. The molecule has 0 N–H and O–H groups in total. The molecule has 98 valence electrons. The quantitative estimate of drug-likeness (QED) is 0.809. The first-order chi connectivity index (χ1) is 9.15. The van der Waals surface area contributed by atoms with Crippen LogP contribution in [0.2, 0.25) is 5.02 Å². The highest BCUT2D eigenvalue weighted by atomic mass is 35.5. The number of carbonyl (C=O) groups is 1. The number of esters is 1. The Bertz CT molecular complexity index is 613. The molecule has 0 saturated carbocycles. The van der Waals surface area contributed by atoms with E-state index in [0.717, 1.165) is 5.56 Å². The Morgan fingerprint density at radius 2 is 1.95 bits per heavy atom. The molecule has 0 radical (unpaired) electrons. The Morgan fingerprint density at radius 1 is 1.21 bits per heavy atom. The van der Waals surface area contributed by atoms with Gasteiger partial charge in [0.05, 0.1) is 19.9 Å². The molecule has 0 unspecified atom stereocenters. The fourth-order valence-corrected chi connectivity index (χ4v) is 1.87. The molecule has 0 spiro atoms. The molecular weight excluding hydrogens is 266 g/mol. The standard InChI is InChI=1S/C14H12ClNO3/c1-18-9-7-12(10-5-3-4-6-11(10)15)16-13(8-9)14(17)19-2/h3-8H,1-2H3. The number of hydrogen-bond acceptors (Lipinski definition) is 4. The van der Waals surface area contributed by atoms with Gasteiger partial charge < -0.3 is 9.47 Å². The summed E-state index contributed by atoms with van der Waals surface area (Å²) in [6, 6.07) is 10.5. The van der Waals surface area contributed by atoms with Crippen LogP contribution in [-0.4, -0.2) is 25.2 Å². The summed E-state index contributed by atoms with van der Waals surface area (Å²) in [5, 5.41) is 0.555. The largest absolute Gasteiger partial charge is 0.497 e. The van der Waals surface area contributed by atoms with E-state index >= 15 is 0 Å². The Hall–Kier alpha value is -2.07. The molecule has 0 amide bonds. The van der Waals surface area contributed by atoms with E-state index in [1.807, 2.05) is 18.2 Å². The van der Waals surface area contributed by atoms with Crippen molar-refractivity contribution in [1.29, 1.82) is 0 Å². The van der Waals surface area contributed by atoms with E-state index in [2.05, 4.69) is 9.72 Å². The molecule has 0 aliphatic rings. The minimum absolute atomic E-state index is 0.178. The van der Waals surface area contributed by atoms with Crippen molar-refractivity contribution in [2.24, 2.45) is 0 Å². The van der Waals surface area contributed by atoms with Gasteiger partial charge in [0, 0.05) is 22.7 Å². The van der Waals surface area contributed by atoms with Crippen LogP contribution in [0.3, 0.4) is 0 Å². The maximum Gasteiger partial charge on any atom is 0.356 e. The van der Waals surface area contributed by atoms with E-state index in [4.69, 9.17) is 16.3 Å². The Kier molecular flexibility index (Phi) is 4.02. The molecule has 0 aliphatic carbocycles. The Morgan fingerprint density at radius 3 is 2.58 bits per heavy atom. The van der Waals surface area contributed by atoms with Crippen LogP contribution in [0.4, 0.5) is 0 Å². The minimum Gasteiger partial charge on any atom is -0.497 e. The van der Waals surface area contributed by atoms with Crippen molar-refractivity contribution >= 4 is 17.6 Å². The van der Waals surface area contributed by atoms with Crippen LogP contribution < -0.4 is 4.74 Å². The van der Waals surface area contributed by atoms with Gasteiger partial charge in [-0.3, -0.25) is 0 Å². The average Bonchev–Trinajstić information content (AvgIpc) is 2.46. The summed E-state index contributed by atoms with van der Waals surface area (Å²) >= 11 is 6.12. The van der Waals surface area contributed by atoms with Gasteiger partial charge in [0.1, 0.15) is 5.75 Å². The zero-order valence-electron chi connectivity index (χ0n) is 10.5. The molecule has 1 aromatic heterocycles. The molecule has 5 heteroatoms. The Balaban J connectivity index is 2.57. The number of hydrogen-bond donors (Lipinski definition) is 0. The molecule has 0 bridgehead atoms. The lowest BCUT2D eigenvalue weighted by atomic mass is 10.1. The van der Waals surface area contributed by atoms with Gasteiger partial charge in [0.2, 0.25) is 0 Å². The second-order valence-electron chi connectivity index (χ2n) is 3.75. The van der Waals surface area contributed by atoms with Crippen LogP contribution >= 0.6 is 11.6 Å². The number of nitrogens with zero attached hydrogens (tertiary/aromatic N) is 1. The van der Waals surface area contributed by atoms with E-state index in [-0.39, 0.29) is 5.69 Å². The highest BCUT2D eigenvalue weighted by Gasteiger charge is 2.13. The van der Waals surface area contributed by atoms with E-state index in [9.17, 15) is 4.79 Å². The van der Waals surface area contributed by atoms with Crippen LogP contribution in [0, 0.1) is 0 Å². The third-order valence-corrected chi connectivity index (χ3v) is 2.91. The molecule has 0 aliphatic heterocycles. The van der Waals surface area contributed by atoms with Crippen LogP contribution in [0.15, 0.2) is 36.4 Å². The van der Waals surface area contributed by atoms with Crippen molar-refractivity contribution < 1.29 is 14.3 Å². The second kappa shape index (κ2) is 5.71. The predicted octanol–water partition coefficient (Wildman–Crippen LogP) is 3.20. The first kappa shape index (κ1) is 13.4. The molecule has 2 aromatic rings. The first-order valence-corrected chi connectivity index (χ1v) is 5.93. The fraction of sp³-hybridized carbons (Fsp3) is 0.143. The summed E-state index contributed by atoms with van der Waals surface area (Å²) in [7, 11) is 2.82. The normalized spacial score (nSPS) is 10.1. The number of benzene rings is 1. The van der Waals surface area contributed by atoms with Gasteiger partial charge in [0.15, 0.2) is 5.69 Å². The predicted molar refractivity (Wildman–Crippen MR) is 72.6 cm³/mol. The monoisotopic (exact) mass is 277 g/mol. The lowest BCUT2D eigenvalue weighted by Gasteiger charge is -2.08. The first-order valence-electron chi connectivity index (χ1n) is 5.55. The number of carbonyl (C=O) groups excluding carboxylic acids is 1. The topological polar surface area (TPSA) is 48.4 Å². The number of halogens is 1. The van der Waals surface area contributed by atoms with Crippen LogP contribution in [-0.2, 0) is 4.74 Å². The maximum absolute atomic E-state index is 11.6. The summed E-state index contributed by atoms with van der Waals surface area (Å²) in [5.41, 5.74) is 1.47. The third kappa shape index (κ3) is 2.85. The van der Waals surface area contributed by atoms with Crippen molar-refractivity contribution in [2.75, 3.05) is 14.2 Å². The van der Waals surface area contributed by atoms with Gasteiger partial charge in [-0.2, -0.15) is 0 Å². The molecule has 19 heavy (non-hydrogen) atoms. The molecule has 4 nitrogen and oxygen atoms in total.